The van der Waals surface area contributed by atoms with Crippen LogP contribution in [-0.4, -0.2) is 23.9 Å². The van der Waals surface area contributed by atoms with E-state index in [9.17, 15) is 9.59 Å². The Morgan fingerprint density at radius 1 is 0.963 bits per heavy atom. The first-order valence-electron chi connectivity index (χ1n) is 8.92. The predicted octanol–water partition coefficient (Wildman–Crippen LogP) is 3.92. The normalized spacial score (nSPS) is 10.7. The summed E-state index contributed by atoms with van der Waals surface area (Å²) < 4.78 is 0. The van der Waals surface area contributed by atoms with Gasteiger partial charge in [-0.05, 0) is 49.6 Å². The van der Waals surface area contributed by atoms with Crippen LogP contribution in [0.5, 0.6) is 0 Å². The number of hydrogen-bond acceptors (Lipinski definition) is 3. The molecule has 6 heteroatoms. The number of anilines is 1. The van der Waals surface area contributed by atoms with Crippen molar-refractivity contribution in [3.05, 3.63) is 65.2 Å². The molecule has 0 saturated heterocycles. The van der Waals surface area contributed by atoms with Crippen molar-refractivity contribution in [1.82, 2.24) is 5.32 Å². The molecule has 0 saturated carbocycles. The monoisotopic (exact) mass is 389 g/mol. The van der Waals surface area contributed by atoms with Crippen LogP contribution in [0.3, 0.4) is 0 Å². The van der Waals surface area contributed by atoms with Gasteiger partial charge in [-0.2, -0.15) is 0 Å². The summed E-state index contributed by atoms with van der Waals surface area (Å²) in [5, 5.41) is 5.77. The van der Waals surface area contributed by atoms with Gasteiger partial charge >= 0.3 is 0 Å². The summed E-state index contributed by atoms with van der Waals surface area (Å²) in [7, 11) is 0. The van der Waals surface area contributed by atoms with Gasteiger partial charge in [0.25, 0.3) is 11.8 Å². The Hall–Kier alpha value is -2.37. The number of nitrogens with one attached hydrogen (secondary N) is 2. The van der Waals surface area contributed by atoms with Crippen LogP contribution in [0.2, 0.25) is 0 Å². The van der Waals surface area contributed by atoms with E-state index in [-0.39, 0.29) is 24.2 Å². The maximum absolute atomic E-state index is 12.5. The quantitative estimate of drug-likeness (QED) is 0.671. The number of halogens is 1. The zero-order chi connectivity index (χ0) is 19.2. The molecule has 0 aliphatic carbocycles. The molecule has 0 aliphatic heterocycles. The number of amides is 2. The average Bonchev–Trinajstić information content (AvgIpc) is 2.68. The van der Waals surface area contributed by atoms with Gasteiger partial charge in [0.15, 0.2) is 0 Å². The molecule has 0 radical (unpaired) electrons. The summed E-state index contributed by atoms with van der Waals surface area (Å²) in [6.45, 7) is 6.33. The number of aryl methyl sites for hydroxylation is 1. The van der Waals surface area contributed by atoms with Crippen molar-refractivity contribution >= 4 is 29.9 Å². The fourth-order valence-corrected chi connectivity index (χ4v) is 2.54. The lowest BCUT2D eigenvalue weighted by atomic mass is 9.94. The summed E-state index contributed by atoms with van der Waals surface area (Å²) in [6.07, 6.45) is 1.58. The fourth-order valence-electron chi connectivity index (χ4n) is 2.54. The maximum Gasteiger partial charge on any atom is 0.255 e. The highest BCUT2D eigenvalue weighted by molar-refractivity contribution is 6.05. The largest absolute Gasteiger partial charge is 0.350 e. The highest BCUT2D eigenvalue weighted by atomic mass is 35.5. The van der Waals surface area contributed by atoms with Crippen molar-refractivity contribution in [2.45, 2.75) is 39.2 Å². The van der Waals surface area contributed by atoms with Crippen molar-refractivity contribution in [2.75, 3.05) is 11.9 Å². The molecule has 5 nitrogen and oxygen atoms in total. The van der Waals surface area contributed by atoms with Crippen LogP contribution < -0.4 is 16.4 Å². The van der Waals surface area contributed by atoms with Crippen molar-refractivity contribution in [3.8, 4) is 0 Å². The standard InChI is InChI=1S/C21H27N3O2.ClH/c1-4-21(22,5-2)14-23-19(25)17-12-11-15(3)18(13-17)24-20(26)16-9-7-6-8-10-16;/h6-13H,4-5,14,22H2,1-3H3,(H,23,25)(H,24,26);1H. The van der Waals surface area contributed by atoms with E-state index in [0.29, 0.717) is 23.4 Å². The van der Waals surface area contributed by atoms with Crippen LogP contribution in [-0.2, 0) is 0 Å². The SMILES string of the molecule is CCC(N)(CC)CNC(=O)c1ccc(C)c(NC(=O)c2ccccc2)c1.Cl. The van der Waals surface area contributed by atoms with E-state index in [1.165, 1.54) is 0 Å². The van der Waals surface area contributed by atoms with Crippen LogP contribution in [0.25, 0.3) is 0 Å². The summed E-state index contributed by atoms with van der Waals surface area (Å²) in [5.74, 6) is -0.402. The molecule has 0 bridgehead atoms. The molecule has 2 aromatic rings. The molecule has 2 aromatic carbocycles. The van der Waals surface area contributed by atoms with Gasteiger partial charge in [0, 0.05) is 28.9 Å². The number of carbonyl (C=O) groups excluding carboxylic acids is 2. The Morgan fingerprint density at radius 2 is 1.59 bits per heavy atom. The van der Waals surface area contributed by atoms with Gasteiger partial charge in [0.2, 0.25) is 0 Å². The molecule has 0 fully saturated rings. The first-order chi connectivity index (χ1) is 12.4. The third-order valence-corrected chi connectivity index (χ3v) is 4.79. The Labute approximate surface area is 167 Å². The van der Waals surface area contributed by atoms with Gasteiger partial charge < -0.3 is 16.4 Å². The number of rotatable bonds is 7. The van der Waals surface area contributed by atoms with Crippen molar-refractivity contribution in [1.29, 1.82) is 0 Å². The van der Waals surface area contributed by atoms with Gasteiger partial charge in [-0.3, -0.25) is 9.59 Å². The van der Waals surface area contributed by atoms with Gasteiger partial charge in [-0.1, -0.05) is 38.1 Å². The Morgan fingerprint density at radius 3 is 2.19 bits per heavy atom. The first kappa shape index (κ1) is 22.7. The van der Waals surface area contributed by atoms with E-state index in [0.717, 1.165) is 18.4 Å². The lowest BCUT2D eigenvalue weighted by Crippen LogP contribution is -2.49. The van der Waals surface area contributed by atoms with Crippen molar-refractivity contribution in [3.63, 3.8) is 0 Å². The number of hydrogen-bond donors (Lipinski definition) is 3. The second-order valence-corrected chi connectivity index (χ2v) is 6.60. The molecule has 27 heavy (non-hydrogen) atoms. The van der Waals surface area contributed by atoms with Crippen molar-refractivity contribution in [2.24, 2.45) is 5.73 Å². The molecule has 0 heterocycles. The topological polar surface area (TPSA) is 84.2 Å². The van der Waals surface area contributed by atoms with Crippen LogP contribution in [0.15, 0.2) is 48.5 Å². The number of carbonyl (C=O) groups is 2. The second kappa shape index (κ2) is 10.1. The summed E-state index contributed by atoms with van der Waals surface area (Å²) in [4.78, 5) is 24.8. The smallest absolute Gasteiger partial charge is 0.255 e. The molecule has 146 valence electrons. The number of nitrogens with two attached hydrogens (primary N) is 1. The minimum Gasteiger partial charge on any atom is -0.350 e. The lowest BCUT2D eigenvalue weighted by Gasteiger charge is -2.26. The Bertz CT molecular complexity index is 774. The van der Waals surface area contributed by atoms with Gasteiger partial charge in [0.1, 0.15) is 0 Å². The van der Waals surface area contributed by atoms with E-state index in [2.05, 4.69) is 10.6 Å². The highest BCUT2D eigenvalue weighted by Crippen LogP contribution is 2.18. The second-order valence-electron chi connectivity index (χ2n) is 6.60. The average molecular weight is 390 g/mol. The van der Waals surface area contributed by atoms with Crippen LogP contribution in [0.4, 0.5) is 5.69 Å². The zero-order valence-corrected chi connectivity index (χ0v) is 16.9. The van der Waals surface area contributed by atoms with E-state index < -0.39 is 5.54 Å². The fraction of sp³-hybridized carbons (Fsp3) is 0.333. The Balaban J connectivity index is 0.00000364. The summed E-state index contributed by atoms with van der Waals surface area (Å²) in [5.41, 5.74) is 8.41. The molecule has 2 rings (SSSR count). The predicted molar refractivity (Wildman–Crippen MR) is 113 cm³/mol. The minimum absolute atomic E-state index is 0. The number of benzene rings is 2. The van der Waals surface area contributed by atoms with Crippen molar-refractivity contribution < 1.29 is 9.59 Å². The van der Waals surface area contributed by atoms with Crippen LogP contribution in [0, 0.1) is 6.92 Å². The Kier molecular flexibility index (Phi) is 8.47. The van der Waals surface area contributed by atoms with E-state index in [1.807, 2.05) is 45.0 Å². The molecule has 0 spiro atoms. The van der Waals surface area contributed by atoms with Gasteiger partial charge in [-0.25, -0.2) is 0 Å². The van der Waals surface area contributed by atoms with Crippen LogP contribution >= 0.6 is 12.4 Å². The third kappa shape index (κ3) is 6.08. The molecular formula is C21H28ClN3O2. The van der Waals surface area contributed by atoms with Crippen LogP contribution in [0.1, 0.15) is 53.0 Å². The molecule has 0 atom stereocenters. The van der Waals surface area contributed by atoms with E-state index in [4.69, 9.17) is 5.73 Å². The zero-order valence-electron chi connectivity index (χ0n) is 16.0. The first-order valence-corrected chi connectivity index (χ1v) is 8.92. The molecule has 0 unspecified atom stereocenters. The molecular weight excluding hydrogens is 362 g/mol. The lowest BCUT2D eigenvalue weighted by molar-refractivity contribution is 0.0941. The molecule has 0 aliphatic rings. The molecule has 4 N–H and O–H groups in total. The minimum atomic E-state index is -0.398. The maximum atomic E-state index is 12.5. The molecule has 2 amide bonds. The molecule has 0 aromatic heterocycles. The van der Waals surface area contributed by atoms with Gasteiger partial charge in [-0.15, -0.1) is 12.4 Å². The third-order valence-electron chi connectivity index (χ3n) is 4.79. The summed E-state index contributed by atoms with van der Waals surface area (Å²) in [6, 6.07) is 14.2. The highest BCUT2D eigenvalue weighted by Gasteiger charge is 2.21. The van der Waals surface area contributed by atoms with E-state index >= 15 is 0 Å². The van der Waals surface area contributed by atoms with Gasteiger partial charge in [0.05, 0.1) is 0 Å². The summed E-state index contributed by atoms with van der Waals surface area (Å²) >= 11 is 0. The van der Waals surface area contributed by atoms with E-state index in [1.54, 1.807) is 24.3 Å².